The Hall–Kier alpha value is -2.69. The minimum Gasteiger partial charge on any atom is -0.382 e. The highest BCUT2D eigenvalue weighted by Gasteiger charge is 2.32. The molecule has 2 aromatic rings. The number of carbonyl (C=O) groups is 1. The van der Waals surface area contributed by atoms with Gasteiger partial charge in [-0.2, -0.15) is 0 Å². The van der Waals surface area contributed by atoms with Crippen molar-refractivity contribution < 1.29 is 14.0 Å². The maximum absolute atomic E-state index is 13.0. The number of halogens is 1. The largest absolute Gasteiger partial charge is 0.382 e. The molecule has 1 unspecified atom stereocenters. The fourth-order valence-corrected chi connectivity index (χ4v) is 3.30. The Labute approximate surface area is 139 Å². The Morgan fingerprint density at radius 1 is 1.17 bits per heavy atom. The summed E-state index contributed by atoms with van der Waals surface area (Å²) in [5, 5.41) is 7.05. The summed E-state index contributed by atoms with van der Waals surface area (Å²) in [4.78, 5) is 17.8. The Morgan fingerprint density at radius 2 is 1.96 bits per heavy atom. The van der Waals surface area contributed by atoms with Gasteiger partial charge in [-0.15, -0.1) is 0 Å². The van der Waals surface area contributed by atoms with Gasteiger partial charge in [-0.05, 0) is 41.7 Å². The number of nitrogens with one attached hydrogen (secondary N) is 1. The minimum atomic E-state index is -0.627. The van der Waals surface area contributed by atoms with Gasteiger partial charge in [0.05, 0.1) is 11.8 Å². The number of fused-ring (bicyclic) bond motifs is 1. The van der Waals surface area contributed by atoms with Gasteiger partial charge in [0.15, 0.2) is 0 Å². The Bertz CT molecular complexity index is 801. The van der Waals surface area contributed by atoms with Gasteiger partial charge in [0, 0.05) is 6.42 Å². The van der Waals surface area contributed by atoms with Gasteiger partial charge in [0.1, 0.15) is 5.82 Å². The molecule has 1 aliphatic heterocycles. The van der Waals surface area contributed by atoms with Crippen molar-refractivity contribution in [2.75, 3.05) is 0 Å². The van der Waals surface area contributed by atoms with Gasteiger partial charge >= 0.3 is 0 Å². The number of carbonyl (C=O) groups excluding carboxylic acids is 1. The molecule has 0 spiro atoms. The van der Waals surface area contributed by atoms with E-state index in [2.05, 4.69) is 22.6 Å². The number of hydrogen-bond donors (Lipinski definition) is 1. The molecule has 0 aromatic heterocycles. The molecule has 24 heavy (non-hydrogen) atoms. The molecule has 122 valence electrons. The van der Waals surface area contributed by atoms with Crippen LogP contribution in [-0.2, 0) is 16.1 Å². The van der Waals surface area contributed by atoms with Gasteiger partial charge in [-0.25, -0.2) is 4.39 Å². The highest BCUT2D eigenvalue weighted by atomic mass is 19.1. The van der Waals surface area contributed by atoms with Crippen molar-refractivity contribution in [1.29, 1.82) is 0 Å². The SMILES string of the molecule is O=C(N[C@H]1CCc2ccccc21)C1CC(c2ccc(F)cc2)=NO1. The first kappa shape index (κ1) is 14.9. The van der Waals surface area contributed by atoms with Crippen LogP contribution in [0, 0.1) is 5.82 Å². The highest BCUT2D eigenvalue weighted by molar-refractivity contribution is 6.04. The lowest BCUT2D eigenvalue weighted by molar-refractivity contribution is -0.131. The minimum absolute atomic E-state index is 0.0344. The molecule has 1 N–H and O–H groups in total. The second-order valence-electron chi connectivity index (χ2n) is 6.14. The van der Waals surface area contributed by atoms with E-state index in [0.29, 0.717) is 12.1 Å². The number of nitrogens with zero attached hydrogens (tertiary/aromatic N) is 1. The number of rotatable bonds is 3. The second kappa shape index (κ2) is 6.07. The van der Waals surface area contributed by atoms with Crippen LogP contribution in [0.15, 0.2) is 53.7 Å². The van der Waals surface area contributed by atoms with Crippen LogP contribution in [0.4, 0.5) is 4.39 Å². The molecule has 5 heteroatoms. The monoisotopic (exact) mass is 324 g/mol. The van der Waals surface area contributed by atoms with Crippen molar-refractivity contribution in [3.8, 4) is 0 Å². The maximum atomic E-state index is 13.0. The Morgan fingerprint density at radius 3 is 2.79 bits per heavy atom. The molecule has 0 bridgehead atoms. The number of aryl methyl sites for hydroxylation is 1. The molecule has 0 radical (unpaired) electrons. The lowest BCUT2D eigenvalue weighted by atomic mass is 10.0. The van der Waals surface area contributed by atoms with Crippen LogP contribution in [-0.4, -0.2) is 17.7 Å². The van der Waals surface area contributed by atoms with E-state index in [1.165, 1.54) is 23.3 Å². The third kappa shape index (κ3) is 2.77. The van der Waals surface area contributed by atoms with Crippen LogP contribution < -0.4 is 5.32 Å². The number of amides is 1. The Balaban J connectivity index is 1.40. The standard InChI is InChI=1S/C19H17FN2O2/c20-14-8-5-13(6-9-14)17-11-18(24-22-17)19(23)21-16-10-7-12-3-1-2-4-15(12)16/h1-6,8-9,16,18H,7,10-11H2,(H,21,23)/t16-,18?/m0/s1. The summed E-state index contributed by atoms with van der Waals surface area (Å²) in [6.45, 7) is 0. The van der Waals surface area contributed by atoms with Crippen LogP contribution in [0.25, 0.3) is 0 Å². The first-order chi connectivity index (χ1) is 11.7. The molecule has 2 aliphatic rings. The number of oxime groups is 1. The molecule has 0 saturated heterocycles. The van der Waals surface area contributed by atoms with Crippen LogP contribution in [0.1, 0.15) is 35.6 Å². The third-order valence-corrected chi connectivity index (χ3v) is 4.59. The molecule has 1 heterocycles. The zero-order chi connectivity index (χ0) is 16.5. The van der Waals surface area contributed by atoms with E-state index < -0.39 is 6.10 Å². The number of hydrogen-bond acceptors (Lipinski definition) is 3. The first-order valence-electron chi connectivity index (χ1n) is 8.07. The second-order valence-corrected chi connectivity index (χ2v) is 6.14. The summed E-state index contributed by atoms with van der Waals surface area (Å²) in [6, 6.07) is 14.2. The van der Waals surface area contributed by atoms with Crippen molar-refractivity contribution in [3.05, 3.63) is 71.0 Å². The van der Waals surface area contributed by atoms with Gasteiger partial charge in [0.2, 0.25) is 6.10 Å². The van der Waals surface area contributed by atoms with Gasteiger partial charge in [0.25, 0.3) is 5.91 Å². The summed E-state index contributed by atoms with van der Waals surface area (Å²) in [7, 11) is 0. The van der Waals surface area contributed by atoms with E-state index in [0.717, 1.165) is 18.4 Å². The van der Waals surface area contributed by atoms with E-state index in [1.54, 1.807) is 12.1 Å². The van der Waals surface area contributed by atoms with E-state index in [4.69, 9.17) is 4.84 Å². The topological polar surface area (TPSA) is 50.7 Å². The average molecular weight is 324 g/mol. The van der Waals surface area contributed by atoms with E-state index in [9.17, 15) is 9.18 Å². The van der Waals surface area contributed by atoms with Crippen molar-refractivity contribution >= 4 is 11.6 Å². The molecule has 2 atom stereocenters. The van der Waals surface area contributed by atoms with Crippen molar-refractivity contribution in [2.24, 2.45) is 5.16 Å². The van der Waals surface area contributed by atoms with Crippen molar-refractivity contribution in [1.82, 2.24) is 5.32 Å². The highest BCUT2D eigenvalue weighted by Crippen LogP contribution is 2.31. The maximum Gasteiger partial charge on any atom is 0.264 e. The quantitative estimate of drug-likeness (QED) is 0.943. The normalized spacial score (nSPS) is 21.8. The molecular weight excluding hydrogens is 307 g/mol. The van der Waals surface area contributed by atoms with Crippen LogP contribution >= 0.6 is 0 Å². The fraction of sp³-hybridized carbons (Fsp3) is 0.263. The molecule has 2 aromatic carbocycles. The lowest BCUT2D eigenvalue weighted by Gasteiger charge is -2.16. The first-order valence-corrected chi connectivity index (χ1v) is 8.07. The summed E-state index contributed by atoms with van der Waals surface area (Å²) < 4.78 is 13.0. The van der Waals surface area contributed by atoms with E-state index >= 15 is 0 Å². The molecule has 1 aliphatic carbocycles. The van der Waals surface area contributed by atoms with E-state index in [-0.39, 0.29) is 17.8 Å². The predicted octanol–water partition coefficient (Wildman–Crippen LogP) is 3.12. The van der Waals surface area contributed by atoms with Gasteiger partial charge in [-0.1, -0.05) is 41.6 Å². The summed E-state index contributed by atoms with van der Waals surface area (Å²) in [5.74, 6) is -0.454. The smallest absolute Gasteiger partial charge is 0.264 e. The molecule has 4 nitrogen and oxygen atoms in total. The zero-order valence-electron chi connectivity index (χ0n) is 13.0. The molecule has 4 rings (SSSR count). The Kier molecular flexibility index (Phi) is 3.76. The van der Waals surface area contributed by atoms with Crippen molar-refractivity contribution in [3.63, 3.8) is 0 Å². The predicted molar refractivity (Wildman–Crippen MR) is 88.1 cm³/mol. The zero-order valence-corrected chi connectivity index (χ0v) is 13.0. The molecule has 0 saturated carbocycles. The van der Waals surface area contributed by atoms with Crippen molar-refractivity contribution in [2.45, 2.75) is 31.4 Å². The van der Waals surface area contributed by atoms with Crippen LogP contribution in [0.5, 0.6) is 0 Å². The fourth-order valence-electron chi connectivity index (χ4n) is 3.30. The third-order valence-electron chi connectivity index (χ3n) is 4.59. The summed E-state index contributed by atoms with van der Waals surface area (Å²) >= 11 is 0. The number of benzene rings is 2. The lowest BCUT2D eigenvalue weighted by Crippen LogP contribution is -2.36. The molecule has 1 amide bonds. The van der Waals surface area contributed by atoms with E-state index in [1.807, 2.05) is 12.1 Å². The van der Waals surface area contributed by atoms with Crippen LogP contribution in [0.2, 0.25) is 0 Å². The van der Waals surface area contributed by atoms with Crippen LogP contribution in [0.3, 0.4) is 0 Å². The summed E-state index contributed by atoms with van der Waals surface area (Å²) in [6.07, 6.45) is 1.65. The molecular formula is C19H17FN2O2. The van der Waals surface area contributed by atoms with Gasteiger partial charge < -0.3 is 10.2 Å². The van der Waals surface area contributed by atoms with Gasteiger partial charge in [-0.3, -0.25) is 4.79 Å². The molecule has 0 fully saturated rings. The average Bonchev–Trinajstić information content (AvgIpc) is 3.23. The summed E-state index contributed by atoms with van der Waals surface area (Å²) in [5.41, 5.74) is 3.92.